The fourth-order valence-corrected chi connectivity index (χ4v) is 4.72. The van der Waals surface area contributed by atoms with E-state index in [2.05, 4.69) is 35.6 Å². The molecule has 0 spiro atoms. The standard InChI is InChI=1S/C23H25ClN2O2S/c1-17-8-7-9-18(2)23(17)26(3)22(19-10-5-4-6-11-19)16-25-29(27,28)21-14-12-20(24)13-15-21/h4-15,22,25H,16H2,1-3H3. The number of likely N-dealkylation sites (N-methyl/N-ethyl adjacent to an activating group) is 1. The maximum atomic E-state index is 12.8. The summed E-state index contributed by atoms with van der Waals surface area (Å²) in [5.41, 5.74) is 4.44. The van der Waals surface area contributed by atoms with Gasteiger partial charge in [-0.3, -0.25) is 0 Å². The van der Waals surface area contributed by atoms with Gasteiger partial charge in [0.15, 0.2) is 0 Å². The molecule has 0 aliphatic rings. The summed E-state index contributed by atoms with van der Waals surface area (Å²) in [6.45, 7) is 4.37. The fraction of sp³-hybridized carbons (Fsp3) is 0.217. The number of para-hydroxylation sites is 1. The molecule has 0 radical (unpaired) electrons. The predicted octanol–water partition coefficient (Wildman–Crippen LogP) is 5.11. The highest BCUT2D eigenvalue weighted by Gasteiger charge is 2.23. The smallest absolute Gasteiger partial charge is 0.240 e. The van der Waals surface area contributed by atoms with Crippen molar-refractivity contribution in [3.05, 3.63) is 94.5 Å². The molecule has 0 saturated heterocycles. The lowest BCUT2D eigenvalue weighted by Crippen LogP contribution is -2.36. The monoisotopic (exact) mass is 428 g/mol. The summed E-state index contributed by atoms with van der Waals surface area (Å²) in [4.78, 5) is 2.34. The SMILES string of the molecule is Cc1cccc(C)c1N(C)C(CNS(=O)(=O)c1ccc(Cl)cc1)c1ccccc1. The first-order valence-corrected chi connectivity index (χ1v) is 11.2. The Morgan fingerprint density at radius 1 is 0.897 bits per heavy atom. The predicted molar refractivity (Wildman–Crippen MR) is 120 cm³/mol. The molecule has 3 rings (SSSR count). The summed E-state index contributed by atoms with van der Waals surface area (Å²) in [5.74, 6) is 0. The fourth-order valence-electron chi connectivity index (χ4n) is 3.56. The molecule has 1 atom stereocenters. The van der Waals surface area contributed by atoms with Gasteiger partial charge in [-0.15, -0.1) is 0 Å². The Kier molecular flexibility index (Phi) is 6.63. The van der Waals surface area contributed by atoms with Crippen LogP contribution in [0.5, 0.6) is 0 Å². The van der Waals surface area contributed by atoms with Crippen LogP contribution in [0.2, 0.25) is 5.02 Å². The summed E-state index contributed by atoms with van der Waals surface area (Å²) in [6.07, 6.45) is 0. The minimum absolute atomic E-state index is 0.168. The molecule has 0 aromatic heterocycles. The van der Waals surface area contributed by atoms with Crippen LogP contribution in [-0.4, -0.2) is 22.0 Å². The highest BCUT2D eigenvalue weighted by molar-refractivity contribution is 7.89. The van der Waals surface area contributed by atoms with Gasteiger partial charge in [-0.2, -0.15) is 0 Å². The van der Waals surface area contributed by atoms with Gasteiger partial charge in [0.05, 0.1) is 10.9 Å². The topological polar surface area (TPSA) is 49.4 Å². The van der Waals surface area contributed by atoms with Crippen molar-refractivity contribution in [3.63, 3.8) is 0 Å². The van der Waals surface area contributed by atoms with E-state index in [1.165, 1.54) is 12.1 Å². The molecule has 29 heavy (non-hydrogen) atoms. The van der Waals surface area contributed by atoms with Crippen LogP contribution in [0.15, 0.2) is 77.7 Å². The number of nitrogens with zero attached hydrogens (tertiary/aromatic N) is 1. The molecule has 0 aliphatic carbocycles. The number of nitrogens with one attached hydrogen (secondary N) is 1. The van der Waals surface area contributed by atoms with E-state index in [9.17, 15) is 8.42 Å². The quantitative estimate of drug-likeness (QED) is 0.568. The molecular weight excluding hydrogens is 404 g/mol. The van der Waals surface area contributed by atoms with Crippen LogP contribution < -0.4 is 9.62 Å². The van der Waals surface area contributed by atoms with Crippen molar-refractivity contribution < 1.29 is 8.42 Å². The number of rotatable bonds is 7. The highest BCUT2D eigenvalue weighted by atomic mass is 35.5. The van der Waals surface area contributed by atoms with E-state index >= 15 is 0 Å². The molecule has 3 aromatic carbocycles. The highest BCUT2D eigenvalue weighted by Crippen LogP contribution is 2.31. The van der Waals surface area contributed by atoms with Gasteiger partial charge in [0.2, 0.25) is 10.0 Å². The molecule has 0 fully saturated rings. The largest absolute Gasteiger partial charge is 0.366 e. The second-order valence-corrected chi connectivity index (χ2v) is 9.29. The summed E-state index contributed by atoms with van der Waals surface area (Å²) < 4.78 is 28.4. The first-order chi connectivity index (χ1) is 13.8. The molecule has 3 aromatic rings. The van der Waals surface area contributed by atoms with Crippen molar-refractivity contribution in [2.45, 2.75) is 24.8 Å². The van der Waals surface area contributed by atoms with E-state index in [-0.39, 0.29) is 17.5 Å². The molecule has 6 heteroatoms. The third-order valence-corrected chi connectivity index (χ3v) is 6.73. The second kappa shape index (κ2) is 8.99. The normalized spacial score (nSPS) is 12.6. The molecule has 0 bridgehead atoms. The average Bonchev–Trinajstić information content (AvgIpc) is 2.69. The minimum Gasteiger partial charge on any atom is -0.366 e. The zero-order valence-electron chi connectivity index (χ0n) is 16.8. The van der Waals surface area contributed by atoms with Crippen molar-refractivity contribution in [2.24, 2.45) is 0 Å². The molecule has 1 N–H and O–H groups in total. The van der Waals surface area contributed by atoms with Crippen LogP contribution in [-0.2, 0) is 10.0 Å². The Hall–Kier alpha value is -2.34. The van der Waals surface area contributed by atoms with Crippen LogP contribution in [0.3, 0.4) is 0 Å². The van der Waals surface area contributed by atoms with Gasteiger partial charge in [-0.05, 0) is 54.8 Å². The molecule has 0 amide bonds. The van der Waals surface area contributed by atoms with Crippen LogP contribution >= 0.6 is 11.6 Å². The number of sulfonamides is 1. The van der Waals surface area contributed by atoms with Crippen molar-refractivity contribution in [2.75, 3.05) is 18.5 Å². The summed E-state index contributed by atoms with van der Waals surface area (Å²) in [6, 6.07) is 22.1. The van der Waals surface area contributed by atoms with Crippen LogP contribution in [0, 0.1) is 13.8 Å². The van der Waals surface area contributed by atoms with Crippen LogP contribution in [0.1, 0.15) is 22.7 Å². The average molecular weight is 429 g/mol. The van der Waals surface area contributed by atoms with Crippen molar-refractivity contribution in [3.8, 4) is 0 Å². The van der Waals surface area contributed by atoms with Crippen LogP contribution in [0.4, 0.5) is 5.69 Å². The molecule has 1 unspecified atom stereocenters. The number of anilines is 1. The van der Waals surface area contributed by atoms with Crippen molar-refractivity contribution in [1.29, 1.82) is 0 Å². The van der Waals surface area contributed by atoms with E-state index in [0.717, 1.165) is 22.4 Å². The van der Waals surface area contributed by atoms with Gasteiger partial charge < -0.3 is 4.90 Å². The zero-order chi connectivity index (χ0) is 21.0. The Bertz CT molecular complexity index is 1050. The van der Waals surface area contributed by atoms with Gasteiger partial charge in [-0.1, -0.05) is 60.1 Å². The summed E-state index contributed by atoms with van der Waals surface area (Å²) >= 11 is 5.89. The molecule has 0 aliphatic heterocycles. The zero-order valence-corrected chi connectivity index (χ0v) is 18.3. The van der Waals surface area contributed by atoms with E-state index in [1.807, 2.05) is 43.4 Å². The van der Waals surface area contributed by atoms with Gasteiger partial charge in [0.25, 0.3) is 0 Å². The first kappa shape index (κ1) is 21.4. The number of halogens is 1. The minimum atomic E-state index is -3.65. The Morgan fingerprint density at radius 3 is 2.07 bits per heavy atom. The van der Waals surface area contributed by atoms with Gasteiger partial charge in [0.1, 0.15) is 0 Å². The molecule has 0 heterocycles. The lowest BCUT2D eigenvalue weighted by atomic mass is 10.0. The van der Waals surface area contributed by atoms with Crippen molar-refractivity contribution in [1.82, 2.24) is 4.72 Å². The molecule has 4 nitrogen and oxygen atoms in total. The van der Waals surface area contributed by atoms with Crippen molar-refractivity contribution >= 4 is 27.3 Å². The lowest BCUT2D eigenvalue weighted by molar-refractivity contribution is 0.567. The number of benzene rings is 3. The molecule has 0 saturated carbocycles. The van der Waals surface area contributed by atoms with Gasteiger partial charge in [-0.25, -0.2) is 13.1 Å². The first-order valence-electron chi connectivity index (χ1n) is 9.39. The number of hydrogen-bond donors (Lipinski definition) is 1. The molecule has 152 valence electrons. The third-order valence-electron chi connectivity index (χ3n) is 5.03. The maximum Gasteiger partial charge on any atom is 0.240 e. The van der Waals surface area contributed by atoms with Crippen LogP contribution in [0.25, 0.3) is 0 Å². The Morgan fingerprint density at radius 2 is 1.48 bits per heavy atom. The lowest BCUT2D eigenvalue weighted by Gasteiger charge is -2.33. The third kappa shape index (κ3) is 4.99. The Labute approximate surface area is 178 Å². The summed E-state index contributed by atoms with van der Waals surface area (Å²) in [5, 5.41) is 0.501. The van der Waals surface area contributed by atoms with E-state index in [4.69, 9.17) is 11.6 Å². The van der Waals surface area contributed by atoms with Gasteiger partial charge in [0, 0.05) is 24.3 Å². The maximum absolute atomic E-state index is 12.8. The Balaban J connectivity index is 1.92. The number of hydrogen-bond acceptors (Lipinski definition) is 3. The summed E-state index contributed by atoms with van der Waals surface area (Å²) in [7, 11) is -1.65. The van der Waals surface area contributed by atoms with E-state index in [0.29, 0.717) is 5.02 Å². The number of aryl methyl sites for hydroxylation is 2. The van der Waals surface area contributed by atoms with E-state index in [1.54, 1.807) is 12.1 Å². The van der Waals surface area contributed by atoms with E-state index < -0.39 is 10.0 Å². The molecular formula is C23H25ClN2O2S. The second-order valence-electron chi connectivity index (χ2n) is 7.08. The van der Waals surface area contributed by atoms with Gasteiger partial charge >= 0.3 is 0 Å².